The quantitative estimate of drug-likeness (QED) is 0.633. The fraction of sp³-hybridized carbons (Fsp3) is 0.579. The lowest BCUT2D eigenvalue weighted by molar-refractivity contribution is -0.193. The zero-order chi connectivity index (χ0) is 21.8. The Labute approximate surface area is 171 Å². The molecule has 1 aliphatic carbocycles. The lowest BCUT2D eigenvalue weighted by atomic mass is 9.86. The van der Waals surface area contributed by atoms with Crippen LogP contribution >= 0.6 is 0 Å². The summed E-state index contributed by atoms with van der Waals surface area (Å²) in [5.41, 5.74) is -2.44. The molecule has 164 valence electrons. The highest BCUT2D eigenvalue weighted by atomic mass is 32.2. The third-order valence-corrected chi connectivity index (χ3v) is 7.05. The summed E-state index contributed by atoms with van der Waals surface area (Å²) < 4.78 is 84.0. The number of nitrogens with zero attached hydrogens (tertiary/aromatic N) is 3. The second-order valence-electron chi connectivity index (χ2n) is 8.54. The van der Waals surface area contributed by atoms with Gasteiger partial charge in [0.05, 0.1) is 5.75 Å². The van der Waals surface area contributed by atoms with Gasteiger partial charge in [0, 0.05) is 24.9 Å². The van der Waals surface area contributed by atoms with E-state index >= 15 is 0 Å². The molecule has 0 bridgehead atoms. The van der Waals surface area contributed by atoms with Crippen LogP contribution in [0.25, 0.3) is 11.4 Å². The lowest BCUT2D eigenvalue weighted by Crippen LogP contribution is -2.46. The van der Waals surface area contributed by atoms with Crippen LogP contribution in [0.3, 0.4) is 0 Å². The average Bonchev–Trinajstić information content (AvgIpc) is 3.05. The summed E-state index contributed by atoms with van der Waals surface area (Å²) in [4.78, 5) is 5.64. The van der Waals surface area contributed by atoms with Gasteiger partial charge in [-0.2, -0.15) is 18.2 Å². The van der Waals surface area contributed by atoms with Gasteiger partial charge >= 0.3 is 6.18 Å². The Bertz CT molecular complexity index is 1030. The SMILES string of the molecule is CS(=O)(=O)CC1(CN2CCC(c3nc(-c4ccc(F)cc4)no3)(C(F)(F)F)C2)CC1. The van der Waals surface area contributed by atoms with Crippen molar-refractivity contribution in [3.8, 4) is 11.4 Å². The predicted octanol–water partition coefficient (Wildman–Crippen LogP) is 3.21. The Hall–Kier alpha value is -2.01. The van der Waals surface area contributed by atoms with Crippen molar-refractivity contribution in [3.05, 3.63) is 36.0 Å². The number of alkyl halides is 3. The number of benzene rings is 1. The monoisotopic (exact) mass is 447 g/mol. The third-order valence-electron chi connectivity index (χ3n) is 5.91. The second-order valence-corrected chi connectivity index (χ2v) is 10.7. The van der Waals surface area contributed by atoms with Crippen LogP contribution < -0.4 is 0 Å². The Balaban J connectivity index is 1.58. The maximum Gasteiger partial charge on any atom is 0.404 e. The van der Waals surface area contributed by atoms with Crippen molar-refractivity contribution in [2.24, 2.45) is 5.41 Å². The van der Waals surface area contributed by atoms with Gasteiger partial charge in [-0.05, 0) is 55.5 Å². The summed E-state index contributed by atoms with van der Waals surface area (Å²) in [6, 6.07) is 5.07. The second kappa shape index (κ2) is 7.01. The summed E-state index contributed by atoms with van der Waals surface area (Å²) in [7, 11) is -3.22. The van der Waals surface area contributed by atoms with Crippen LogP contribution in [0.5, 0.6) is 0 Å². The van der Waals surface area contributed by atoms with Gasteiger partial charge in [-0.1, -0.05) is 5.16 Å². The van der Waals surface area contributed by atoms with Gasteiger partial charge < -0.3 is 9.42 Å². The van der Waals surface area contributed by atoms with E-state index in [2.05, 4.69) is 10.1 Å². The lowest BCUT2D eigenvalue weighted by Gasteiger charge is -2.29. The van der Waals surface area contributed by atoms with Gasteiger partial charge in [-0.3, -0.25) is 0 Å². The summed E-state index contributed by atoms with van der Waals surface area (Å²) in [5.74, 6) is -1.07. The van der Waals surface area contributed by atoms with E-state index in [0.717, 1.165) is 6.26 Å². The zero-order valence-corrected chi connectivity index (χ0v) is 17.1. The van der Waals surface area contributed by atoms with E-state index < -0.39 is 38.6 Å². The van der Waals surface area contributed by atoms with Crippen molar-refractivity contribution in [2.75, 3.05) is 31.6 Å². The number of aromatic nitrogens is 2. The smallest absolute Gasteiger partial charge is 0.338 e. The van der Waals surface area contributed by atoms with E-state index in [4.69, 9.17) is 4.52 Å². The van der Waals surface area contributed by atoms with Gasteiger partial charge in [0.1, 0.15) is 15.7 Å². The maximum atomic E-state index is 14.2. The Kier molecular flexibility index (Phi) is 4.96. The molecule has 1 unspecified atom stereocenters. The molecule has 1 aliphatic heterocycles. The number of hydrogen-bond donors (Lipinski definition) is 0. The molecule has 1 saturated carbocycles. The van der Waals surface area contributed by atoms with Crippen LogP contribution in [0.2, 0.25) is 0 Å². The molecule has 1 aromatic carbocycles. The molecule has 6 nitrogen and oxygen atoms in total. The van der Waals surface area contributed by atoms with Gasteiger partial charge in [-0.25, -0.2) is 12.8 Å². The molecule has 2 fully saturated rings. The van der Waals surface area contributed by atoms with Gasteiger partial charge in [0.25, 0.3) is 0 Å². The average molecular weight is 447 g/mol. The minimum atomic E-state index is -4.62. The molecule has 2 aromatic rings. The predicted molar refractivity (Wildman–Crippen MR) is 99.9 cm³/mol. The maximum absolute atomic E-state index is 14.2. The minimum Gasteiger partial charge on any atom is -0.338 e. The van der Waals surface area contributed by atoms with E-state index in [9.17, 15) is 26.0 Å². The number of rotatable bonds is 6. The number of hydrogen-bond acceptors (Lipinski definition) is 6. The molecule has 0 spiro atoms. The molecule has 2 heterocycles. The molecular weight excluding hydrogens is 426 g/mol. The first-order valence-corrected chi connectivity index (χ1v) is 11.5. The van der Waals surface area contributed by atoms with E-state index in [1.54, 1.807) is 4.90 Å². The van der Waals surface area contributed by atoms with E-state index in [-0.39, 0.29) is 37.6 Å². The molecule has 0 amide bonds. The third kappa shape index (κ3) is 4.09. The number of halogens is 4. The first kappa shape index (κ1) is 21.2. The number of likely N-dealkylation sites (tertiary alicyclic amines) is 1. The molecule has 30 heavy (non-hydrogen) atoms. The normalized spacial score (nSPS) is 24.3. The molecule has 1 atom stereocenters. The Morgan fingerprint density at radius 3 is 2.40 bits per heavy atom. The van der Waals surface area contributed by atoms with Crippen LogP contribution in [0.1, 0.15) is 25.2 Å². The summed E-state index contributed by atoms with van der Waals surface area (Å²) >= 11 is 0. The largest absolute Gasteiger partial charge is 0.404 e. The topological polar surface area (TPSA) is 76.3 Å². The molecule has 11 heteroatoms. The van der Waals surface area contributed by atoms with Crippen LogP contribution in [-0.2, 0) is 15.3 Å². The van der Waals surface area contributed by atoms with Gasteiger partial charge in [0.2, 0.25) is 11.7 Å². The van der Waals surface area contributed by atoms with Crippen LogP contribution in [0.4, 0.5) is 17.6 Å². The van der Waals surface area contributed by atoms with E-state index in [1.165, 1.54) is 24.3 Å². The zero-order valence-electron chi connectivity index (χ0n) is 16.2. The van der Waals surface area contributed by atoms with Crippen molar-refractivity contribution in [3.63, 3.8) is 0 Å². The van der Waals surface area contributed by atoms with Crippen molar-refractivity contribution >= 4 is 9.84 Å². The highest BCUT2D eigenvalue weighted by molar-refractivity contribution is 7.90. The van der Waals surface area contributed by atoms with Crippen molar-refractivity contribution in [2.45, 2.75) is 30.9 Å². The van der Waals surface area contributed by atoms with E-state index in [1.807, 2.05) is 0 Å². The standard InChI is InChI=1S/C19H21F4N3O3S/c1-30(27,28)12-17(6-7-17)10-26-9-8-18(11-26,19(21,22)23)16-24-15(25-29-16)13-2-4-14(20)5-3-13/h2-5H,6-12H2,1H3. The van der Waals surface area contributed by atoms with Crippen molar-refractivity contribution < 1.29 is 30.5 Å². The Morgan fingerprint density at radius 1 is 1.17 bits per heavy atom. The fourth-order valence-electron chi connectivity index (χ4n) is 4.24. The summed E-state index contributed by atoms with van der Waals surface area (Å²) in [5, 5.41) is 3.67. The highest BCUT2D eigenvalue weighted by Gasteiger charge is 2.63. The molecule has 1 aromatic heterocycles. The van der Waals surface area contributed by atoms with Crippen LogP contribution in [0, 0.1) is 11.2 Å². The highest BCUT2D eigenvalue weighted by Crippen LogP contribution is 2.51. The molecular formula is C19H21F4N3O3S. The molecule has 2 aliphatic rings. The number of sulfone groups is 1. The van der Waals surface area contributed by atoms with Crippen molar-refractivity contribution in [1.82, 2.24) is 15.0 Å². The first-order chi connectivity index (χ1) is 13.9. The van der Waals surface area contributed by atoms with Gasteiger partial charge in [-0.15, -0.1) is 0 Å². The van der Waals surface area contributed by atoms with Crippen molar-refractivity contribution in [1.29, 1.82) is 0 Å². The molecule has 0 N–H and O–H groups in total. The summed E-state index contributed by atoms with van der Waals surface area (Å²) in [6.45, 7) is 0.0726. The minimum absolute atomic E-state index is 0.0230. The molecule has 1 saturated heterocycles. The first-order valence-electron chi connectivity index (χ1n) is 9.49. The van der Waals surface area contributed by atoms with Crippen LogP contribution in [0.15, 0.2) is 28.8 Å². The van der Waals surface area contributed by atoms with Gasteiger partial charge in [0.15, 0.2) is 5.41 Å². The molecule has 4 rings (SSSR count). The Morgan fingerprint density at radius 2 is 1.83 bits per heavy atom. The van der Waals surface area contributed by atoms with Crippen LogP contribution in [-0.4, -0.2) is 61.3 Å². The molecule has 0 radical (unpaired) electrons. The van der Waals surface area contributed by atoms with E-state index in [0.29, 0.717) is 18.4 Å². The fourth-order valence-corrected chi connectivity index (χ4v) is 5.73. The summed E-state index contributed by atoms with van der Waals surface area (Å²) in [6.07, 6.45) is -2.36.